The van der Waals surface area contributed by atoms with E-state index >= 15 is 0 Å². The van der Waals surface area contributed by atoms with E-state index in [2.05, 4.69) is 50.0 Å². The van der Waals surface area contributed by atoms with Crippen molar-refractivity contribution in [1.82, 2.24) is 20.9 Å². The molecule has 216 valence electrons. The molecule has 2 fully saturated rings. The van der Waals surface area contributed by atoms with Crippen LogP contribution in [0.2, 0.25) is 0 Å². The molecule has 1 aromatic carbocycles. The van der Waals surface area contributed by atoms with Gasteiger partial charge in [0.2, 0.25) is 17.7 Å². The van der Waals surface area contributed by atoms with Crippen LogP contribution in [0.5, 0.6) is 0 Å². The van der Waals surface area contributed by atoms with Crippen molar-refractivity contribution in [3.8, 4) is 0 Å². The van der Waals surface area contributed by atoms with Crippen molar-refractivity contribution in [1.29, 1.82) is 0 Å². The summed E-state index contributed by atoms with van der Waals surface area (Å²) in [5.41, 5.74) is 2.61. The largest absolute Gasteiger partial charge is 0.385 e. The summed E-state index contributed by atoms with van der Waals surface area (Å²) in [6.45, 7) is 10.1. The first-order chi connectivity index (χ1) is 18.8. The van der Waals surface area contributed by atoms with Crippen molar-refractivity contribution in [2.75, 3.05) is 51.3 Å². The molecule has 1 aromatic rings. The summed E-state index contributed by atoms with van der Waals surface area (Å²) < 4.78 is 5.27. The number of carbonyl (C=O) groups is 3. The fraction of sp³-hybridized carbons (Fsp3) is 0.700. The van der Waals surface area contributed by atoms with Crippen LogP contribution in [0.3, 0.4) is 0 Å². The summed E-state index contributed by atoms with van der Waals surface area (Å²) in [6, 6.07) is 8.20. The SMILES string of the molecule is COCCCN1CC(CN(C(=O)[C@@H]2CNC[C@H](NC(=O)[C@H](CC(C)C)NC(C)=O)C2)C2CC2)c2ccccc21. The van der Waals surface area contributed by atoms with Crippen LogP contribution in [-0.4, -0.2) is 87.2 Å². The number of benzene rings is 1. The van der Waals surface area contributed by atoms with Crippen molar-refractivity contribution in [2.24, 2.45) is 11.8 Å². The van der Waals surface area contributed by atoms with Gasteiger partial charge in [0, 0.05) is 77.1 Å². The van der Waals surface area contributed by atoms with Gasteiger partial charge in [-0.3, -0.25) is 14.4 Å². The molecule has 3 N–H and O–H groups in total. The molecule has 4 rings (SSSR count). The molecule has 1 aliphatic carbocycles. The van der Waals surface area contributed by atoms with E-state index in [-0.39, 0.29) is 41.5 Å². The molecular weight excluding hydrogens is 494 g/mol. The van der Waals surface area contributed by atoms with E-state index in [9.17, 15) is 14.4 Å². The van der Waals surface area contributed by atoms with Gasteiger partial charge in [0.15, 0.2) is 0 Å². The van der Waals surface area contributed by atoms with Crippen LogP contribution in [0, 0.1) is 11.8 Å². The highest BCUT2D eigenvalue weighted by atomic mass is 16.5. The van der Waals surface area contributed by atoms with Gasteiger partial charge < -0.3 is 30.5 Å². The lowest BCUT2D eigenvalue weighted by atomic mass is 9.92. The van der Waals surface area contributed by atoms with Crippen LogP contribution in [0.1, 0.15) is 64.4 Å². The number of amides is 3. The van der Waals surface area contributed by atoms with Crippen molar-refractivity contribution in [3.05, 3.63) is 29.8 Å². The monoisotopic (exact) mass is 541 g/mol. The average molecular weight is 542 g/mol. The highest BCUT2D eigenvalue weighted by molar-refractivity contribution is 5.87. The molecule has 3 amide bonds. The highest BCUT2D eigenvalue weighted by Gasteiger charge is 2.41. The van der Waals surface area contributed by atoms with Gasteiger partial charge in [-0.05, 0) is 49.7 Å². The lowest BCUT2D eigenvalue weighted by molar-refractivity contribution is -0.137. The van der Waals surface area contributed by atoms with E-state index in [4.69, 9.17) is 4.74 Å². The third-order valence-electron chi connectivity index (χ3n) is 8.07. The first-order valence-electron chi connectivity index (χ1n) is 14.7. The van der Waals surface area contributed by atoms with Crippen LogP contribution in [-0.2, 0) is 19.1 Å². The van der Waals surface area contributed by atoms with E-state index in [1.165, 1.54) is 18.2 Å². The summed E-state index contributed by atoms with van der Waals surface area (Å²) in [4.78, 5) is 43.2. The third kappa shape index (κ3) is 7.94. The van der Waals surface area contributed by atoms with Crippen molar-refractivity contribution < 1.29 is 19.1 Å². The minimum absolute atomic E-state index is 0.145. The number of piperidine rings is 1. The second-order valence-corrected chi connectivity index (χ2v) is 11.9. The number of anilines is 1. The highest BCUT2D eigenvalue weighted by Crippen LogP contribution is 2.39. The summed E-state index contributed by atoms with van der Waals surface area (Å²) in [5, 5.41) is 9.28. The zero-order valence-corrected chi connectivity index (χ0v) is 24.1. The zero-order valence-electron chi connectivity index (χ0n) is 24.1. The predicted molar refractivity (Wildman–Crippen MR) is 153 cm³/mol. The average Bonchev–Trinajstić information content (AvgIpc) is 3.69. The number of nitrogens with zero attached hydrogens (tertiary/aromatic N) is 2. The molecule has 9 nitrogen and oxygen atoms in total. The van der Waals surface area contributed by atoms with Gasteiger partial charge in [-0.15, -0.1) is 0 Å². The maximum Gasteiger partial charge on any atom is 0.242 e. The molecule has 9 heteroatoms. The number of para-hydroxylation sites is 1. The molecule has 39 heavy (non-hydrogen) atoms. The van der Waals surface area contributed by atoms with Crippen LogP contribution >= 0.6 is 0 Å². The van der Waals surface area contributed by atoms with Gasteiger partial charge in [0.05, 0.1) is 5.92 Å². The fourth-order valence-corrected chi connectivity index (χ4v) is 6.12. The molecule has 2 heterocycles. The van der Waals surface area contributed by atoms with E-state index < -0.39 is 6.04 Å². The second-order valence-electron chi connectivity index (χ2n) is 11.9. The molecule has 2 aliphatic heterocycles. The minimum atomic E-state index is -0.559. The van der Waals surface area contributed by atoms with E-state index in [0.717, 1.165) is 45.5 Å². The number of fused-ring (bicyclic) bond motifs is 1. The lowest BCUT2D eigenvalue weighted by Gasteiger charge is -2.35. The summed E-state index contributed by atoms with van der Waals surface area (Å²) >= 11 is 0. The number of ether oxygens (including phenoxy) is 1. The van der Waals surface area contributed by atoms with Crippen molar-refractivity contribution in [2.45, 2.75) is 76.9 Å². The number of methoxy groups -OCH3 is 1. The Morgan fingerprint density at radius 1 is 1.18 bits per heavy atom. The van der Waals surface area contributed by atoms with Crippen LogP contribution in [0.25, 0.3) is 0 Å². The van der Waals surface area contributed by atoms with Gasteiger partial charge in [-0.1, -0.05) is 32.0 Å². The van der Waals surface area contributed by atoms with Gasteiger partial charge in [0.1, 0.15) is 6.04 Å². The molecule has 0 bridgehead atoms. The molecule has 1 saturated carbocycles. The molecule has 0 aromatic heterocycles. The summed E-state index contributed by atoms with van der Waals surface area (Å²) in [7, 11) is 1.74. The van der Waals surface area contributed by atoms with Gasteiger partial charge >= 0.3 is 0 Å². The molecule has 4 atom stereocenters. The summed E-state index contributed by atoms with van der Waals surface area (Å²) in [6.07, 6.45) is 4.29. The Balaban J connectivity index is 1.39. The molecule has 0 radical (unpaired) electrons. The second kappa shape index (κ2) is 13.6. The molecule has 3 aliphatic rings. The standard InChI is InChI=1S/C30H47N5O4/c1-20(2)14-27(32-21(3)36)29(37)33-24-15-22(16-31-17-24)30(38)35(25-10-11-25)19-23-18-34(12-7-13-39-4)28-9-6-5-8-26(23)28/h5-6,8-9,20,22-25,27,31H,7,10-19H2,1-4H3,(H,32,36)(H,33,37)/t22-,23?,24+,27-/m0/s1. The van der Waals surface area contributed by atoms with Crippen molar-refractivity contribution in [3.63, 3.8) is 0 Å². The molecular formula is C30H47N5O4. The Hall–Kier alpha value is -2.65. The van der Waals surface area contributed by atoms with E-state index in [0.29, 0.717) is 32.0 Å². The van der Waals surface area contributed by atoms with Crippen LogP contribution in [0.4, 0.5) is 5.69 Å². The summed E-state index contributed by atoms with van der Waals surface area (Å²) in [5.74, 6) is 0.193. The van der Waals surface area contributed by atoms with Gasteiger partial charge in [0.25, 0.3) is 0 Å². The Morgan fingerprint density at radius 3 is 2.64 bits per heavy atom. The number of carbonyl (C=O) groups excluding carboxylic acids is 3. The van der Waals surface area contributed by atoms with E-state index in [1.54, 1.807) is 7.11 Å². The Labute approximate surface area is 233 Å². The van der Waals surface area contributed by atoms with Crippen LogP contribution in [0.15, 0.2) is 24.3 Å². The van der Waals surface area contributed by atoms with Crippen LogP contribution < -0.4 is 20.9 Å². The normalized spacial score (nSPS) is 23.3. The fourth-order valence-electron chi connectivity index (χ4n) is 6.12. The maximum absolute atomic E-state index is 13.9. The molecule has 1 saturated heterocycles. The topological polar surface area (TPSA) is 103 Å². The zero-order chi connectivity index (χ0) is 27.9. The maximum atomic E-state index is 13.9. The Kier molecular flexibility index (Phi) is 10.2. The smallest absolute Gasteiger partial charge is 0.242 e. The first kappa shape index (κ1) is 29.3. The van der Waals surface area contributed by atoms with E-state index in [1.807, 2.05) is 13.8 Å². The number of rotatable bonds is 13. The lowest BCUT2D eigenvalue weighted by Crippen LogP contribution is -2.56. The molecule has 1 unspecified atom stereocenters. The van der Waals surface area contributed by atoms with Gasteiger partial charge in [-0.25, -0.2) is 0 Å². The van der Waals surface area contributed by atoms with Crippen molar-refractivity contribution >= 4 is 23.4 Å². The number of hydrogen-bond donors (Lipinski definition) is 3. The predicted octanol–water partition coefficient (Wildman–Crippen LogP) is 2.26. The number of nitrogens with one attached hydrogen (secondary N) is 3. The number of hydrogen-bond acceptors (Lipinski definition) is 6. The minimum Gasteiger partial charge on any atom is -0.385 e. The third-order valence-corrected chi connectivity index (χ3v) is 8.07. The molecule has 0 spiro atoms. The first-order valence-corrected chi connectivity index (χ1v) is 14.7. The Bertz CT molecular complexity index is 997. The Morgan fingerprint density at radius 2 is 1.95 bits per heavy atom. The quantitative estimate of drug-likeness (QED) is 0.331. The van der Waals surface area contributed by atoms with Gasteiger partial charge in [-0.2, -0.15) is 0 Å².